The highest BCUT2D eigenvalue weighted by molar-refractivity contribution is 5.94. The predicted molar refractivity (Wildman–Crippen MR) is 97.8 cm³/mol. The number of methoxy groups -OCH3 is 1. The summed E-state index contributed by atoms with van der Waals surface area (Å²) >= 11 is 0. The lowest BCUT2D eigenvalue weighted by molar-refractivity contribution is 0.0419. The van der Waals surface area contributed by atoms with Crippen molar-refractivity contribution in [2.24, 2.45) is 0 Å². The van der Waals surface area contributed by atoms with Gasteiger partial charge in [0.15, 0.2) is 17.2 Å². The van der Waals surface area contributed by atoms with Crippen LogP contribution in [0.1, 0.15) is 52.8 Å². The number of ketones is 1. The zero-order chi connectivity index (χ0) is 19.2. The Bertz CT molecular complexity index is 799. The Hall–Kier alpha value is -2.67. The minimum Gasteiger partial charge on any atom is -0.486 e. The van der Waals surface area contributed by atoms with Crippen molar-refractivity contribution in [1.29, 1.82) is 0 Å². The van der Waals surface area contributed by atoms with Crippen molar-refractivity contribution < 1.29 is 23.6 Å². The van der Waals surface area contributed by atoms with E-state index in [0.29, 0.717) is 30.2 Å². The second-order valence-corrected chi connectivity index (χ2v) is 6.65. The van der Waals surface area contributed by atoms with E-state index >= 15 is 0 Å². The highest BCUT2D eigenvalue weighted by atomic mass is 16.5. The number of benzene rings is 1. The Morgan fingerprint density at radius 1 is 1.30 bits per heavy atom. The minimum atomic E-state index is -0.148. The first-order valence-corrected chi connectivity index (χ1v) is 9.08. The number of aromatic nitrogens is 1. The zero-order valence-corrected chi connectivity index (χ0v) is 15.6. The second kappa shape index (κ2) is 8.81. The summed E-state index contributed by atoms with van der Waals surface area (Å²) in [6.07, 6.45) is 3.00. The van der Waals surface area contributed by atoms with Gasteiger partial charge in [-0.25, -0.2) is 0 Å². The standard InChI is InChI=1S/C20H24N2O5/c1-14(23)15-6-5-8-17(10-15)26-13-18-11-19(21-27-18)20(24)22-9-4-3-7-16(22)12-25-2/h5-6,8,10-11,16H,3-4,7,9,12-13H2,1-2H3/t16-/m0/s1. The molecule has 1 aromatic carbocycles. The fourth-order valence-corrected chi connectivity index (χ4v) is 3.22. The monoisotopic (exact) mass is 372 g/mol. The van der Waals surface area contributed by atoms with Crippen LogP contribution in [0.5, 0.6) is 5.75 Å². The van der Waals surface area contributed by atoms with Crippen LogP contribution in [0.2, 0.25) is 0 Å². The molecule has 0 saturated carbocycles. The maximum absolute atomic E-state index is 12.8. The number of amides is 1. The SMILES string of the molecule is COC[C@@H]1CCCCN1C(=O)c1cc(COc2cccc(C(C)=O)c2)on1. The molecule has 1 amide bonds. The number of carbonyl (C=O) groups is 2. The van der Waals surface area contributed by atoms with E-state index in [1.165, 1.54) is 6.92 Å². The molecule has 7 heteroatoms. The van der Waals surface area contributed by atoms with Crippen LogP contribution >= 0.6 is 0 Å². The van der Waals surface area contributed by atoms with Gasteiger partial charge in [-0.1, -0.05) is 17.3 Å². The van der Waals surface area contributed by atoms with Crippen molar-refractivity contribution in [2.45, 2.75) is 38.8 Å². The van der Waals surface area contributed by atoms with Gasteiger partial charge in [0.2, 0.25) is 0 Å². The first-order valence-electron chi connectivity index (χ1n) is 9.08. The summed E-state index contributed by atoms with van der Waals surface area (Å²) in [4.78, 5) is 26.0. The molecular weight excluding hydrogens is 348 g/mol. The molecule has 0 unspecified atom stereocenters. The third-order valence-corrected chi connectivity index (χ3v) is 4.65. The molecule has 3 rings (SSSR count). The Labute approximate surface area is 158 Å². The first kappa shape index (κ1) is 19.1. The van der Waals surface area contributed by atoms with Gasteiger partial charge in [-0.2, -0.15) is 0 Å². The van der Waals surface area contributed by atoms with Gasteiger partial charge in [0, 0.05) is 25.3 Å². The molecule has 1 aromatic heterocycles. The van der Waals surface area contributed by atoms with Crippen molar-refractivity contribution in [3.63, 3.8) is 0 Å². The van der Waals surface area contributed by atoms with Gasteiger partial charge >= 0.3 is 0 Å². The Morgan fingerprint density at radius 3 is 2.93 bits per heavy atom. The largest absolute Gasteiger partial charge is 0.486 e. The van der Waals surface area contributed by atoms with E-state index in [4.69, 9.17) is 14.0 Å². The lowest BCUT2D eigenvalue weighted by atomic mass is 10.0. The van der Waals surface area contributed by atoms with E-state index in [2.05, 4.69) is 5.16 Å². The highest BCUT2D eigenvalue weighted by Gasteiger charge is 2.29. The maximum atomic E-state index is 12.8. The summed E-state index contributed by atoms with van der Waals surface area (Å²) in [5, 5.41) is 3.90. The Morgan fingerprint density at radius 2 is 2.15 bits per heavy atom. The molecule has 1 fully saturated rings. The molecule has 1 saturated heterocycles. The van der Waals surface area contributed by atoms with Crippen molar-refractivity contribution in [1.82, 2.24) is 10.1 Å². The molecule has 0 N–H and O–H groups in total. The quantitative estimate of drug-likeness (QED) is 0.695. The number of carbonyl (C=O) groups excluding carboxylic acids is 2. The summed E-state index contributed by atoms with van der Waals surface area (Å²) < 4.78 is 16.1. The van der Waals surface area contributed by atoms with Gasteiger partial charge in [-0.15, -0.1) is 0 Å². The fraction of sp³-hybridized carbons (Fsp3) is 0.450. The molecule has 0 bridgehead atoms. The molecule has 27 heavy (non-hydrogen) atoms. The summed E-state index contributed by atoms with van der Waals surface area (Å²) in [7, 11) is 1.64. The molecule has 144 valence electrons. The lowest BCUT2D eigenvalue weighted by Gasteiger charge is -2.34. The maximum Gasteiger partial charge on any atom is 0.276 e. The molecule has 7 nitrogen and oxygen atoms in total. The van der Waals surface area contributed by atoms with Gasteiger partial charge < -0.3 is 18.9 Å². The van der Waals surface area contributed by atoms with Crippen LogP contribution < -0.4 is 4.74 Å². The van der Waals surface area contributed by atoms with E-state index in [1.54, 1.807) is 37.4 Å². The van der Waals surface area contributed by atoms with Crippen LogP contribution in [-0.4, -0.2) is 48.1 Å². The van der Waals surface area contributed by atoms with Gasteiger partial charge in [0.05, 0.1) is 12.6 Å². The number of rotatable bonds is 7. The van der Waals surface area contributed by atoms with E-state index in [-0.39, 0.29) is 30.0 Å². The van der Waals surface area contributed by atoms with Crippen LogP contribution in [0.15, 0.2) is 34.9 Å². The van der Waals surface area contributed by atoms with Gasteiger partial charge in [-0.3, -0.25) is 9.59 Å². The second-order valence-electron chi connectivity index (χ2n) is 6.65. The smallest absolute Gasteiger partial charge is 0.276 e. The number of hydrogen-bond acceptors (Lipinski definition) is 6. The Kier molecular flexibility index (Phi) is 6.24. The molecular formula is C20H24N2O5. The van der Waals surface area contributed by atoms with Crippen LogP contribution in [0, 0.1) is 0 Å². The average Bonchev–Trinajstić information content (AvgIpc) is 3.16. The van der Waals surface area contributed by atoms with Crippen molar-refractivity contribution in [3.8, 4) is 5.75 Å². The molecule has 2 aromatic rings. The summed E-state index contributed by atoms with van der Waals surface area (Å²) in [6.45, 7) is 2.85. The van der Waals surface area contributed by atoms with E-state index in [9.17, 15) is 9.59 Å². The molecule has 1 aliphatic rings. The third-order valence-electron chi connectivity index (χ3n) is 4.65. The van der Waals surface area contributed by atoms with Gasteiger partial charge in [0.1, 0.15) is 12.4 Å². The topological polar surface area (TPSA) is 81.9 Å². The number of Topliss-reactive ketones (excluding diaryl/α,β-unsaturated/α-hetero) is 1. The first-order chi connectivity index (χ1) is 13.1. The van der Waals surface area contributed by atoms with Gasteiger partial charge in [-0.05, 0) is 38.3 Å². The molecule has 1 atom stereocenters. The number of ether oxygens (including phenoxy) is 2. The average molecular weight is 372 g/mol. The van der Waals surface area contributed by atoms with E-state index in [1.807, 2.05) is 4.90 Å². The molecule has 0 aliphatic carbocycles. The molecule has 0 spiro atoms. The van der Waals surface area contributed by atoms with Crippen molar-refractivity contribution in [3.05, 3.63) is 47.3 Å². The van der Waals surface area contributed by atoms with Gasteiger partial charge in [0.25, 0.3) is 5.91 Å². The summed E-state index contributed by atoms with van der Waals surface area (Å²) in [5.41, 5.74) is 0.851. The summed E-state index contributed by atoms with van der Waals surface area (Å²) in [6, 6.07) is 8.60. The normalized spacial score (nSPS) is 17.0. The van der Waals surface area contributed by atoms with Crippen molar-refractivity contribution >= 4 is 11.7 Å². The van der Waals surface area contributed by atoms with Crippen LogP contribution in [-0.2, 0) is 11.3 Å². The zero-order valence-electron chi connectivity index (χ0n) is 15.6. The van der Waals surface area contributed by atoms with Crippen LogP contribution in [0.4, 0.5) is 0 Å². The molecule has 1 aliphatic heterocycles. The predicted octanol–water partition coefficient (Wildman–Crippen LogP) is 3.10. The lowest BCUT2D eigenvalue weighted by Crippen LogP contribution is -2.46. The third kappa shape index (κ3) is 4.74. The van der Waals surface area contributed by atoms with E-state index in [0.717, 1.165) is 19.3 Å². The highest BCUT2D eigenvalue weighted by Crippen LogP contribution is 2.21. The number of piperidine rings is 1. The number of likely N-dealkylation sites (tertiary alicyclic amines) is 1. The van der Waals surface area contributed by atoms with E-state index < -0.39 is 0 Å². The summed E-state index contributed by atoms with van der Waals surface area (Å²) in [5.74, 6) is 0.834. The molecule has 0 radical (unpaired) electrons. The Balaban J connectivity index is 1.63. The minimum absolute atomic E-state index is 0.0276. The van der Waals surface area contributed by atoms with Crippen molar-refractivity contribution in [2.75, 3.05) is 20.3 Å². The number of nitrogens with zero attached hydrogens (tertiary/aromatic N) is 2. The number of hydrogen-bond donors (Lipinski definition) is 0. The fourth-order valence-electron chi connectivity index (χ4n) is 3.22. The van der Waals surface area contributed by atoms with Crippen LogP contribution in [0.25, 0.3) is 0 Å². The van der Waals surface area contributed by atoms with Crippen LogP contribution in [0.3, 0.4) is 0 Å². The molecule has 2 heterocycles.